The first-order valence-electron chi connectivity index (χ1n) is 48.5. The number of nitrogens with zero attached hydrogens (tertiary/aromatic N) is 2. The van der Waals surface area contributed by atoms with Gasteiger partial charge in [0.1, 0.15) is 90.3 Å². The molecule has 3 heterocycles. The van der Waals surface area contributed by atoms with Gasteiger partial charge in [-0.05, 0) is 118 Å². The number of para-hydroxylation sites is 1. The van der Waals surface area contributed by atoms with E-state index in [9.17, 15) is 128 Å². The van der Waals surface area contributed by atoms with Crippen molar-refractivity contribution in [3.05, 3.63) is 150 Å². The molecule has 149 heavy (non-hydrogen) atoms. The molecule has 6 aromatic rings. The number of aliphatic carboxylic acids is 1. The lowest BCUT2D eigenvalue weighted by Gasteiger charge is -2.47. The van der Waals surface area contributed by atoms with E-state index in [-0.39, 0.29) is 80.8 Å². The molecule has 49 nitrogen and oxygen atoms in total. The zero-order valence-corrected chi connectivity index (χ0v) is 85.1. The summed E-state index contributed by atoms with van der Waals surface area (Å²) in [5.74, 6) is -22.2. The van der Waals surface area contributed by atoms with Crippen LogP contribution in [-0.4, -0.2) is 375 Å². The summed E-state index contributed by atoms with van der Waals surface area (Å²) in [4.78, 5) is 262. The number of hydrogen-bond donors (Lipinski definition) is 31. The van der Waals surface area contributed by atoms with E-state index in [1.807, 2.05) is 24.4 Å². The van der Waals surface area contributed by atoms with Crippen LogP contribution < -0.4 is 90.8 Å². The highest BCUT2D eigenvalue weighted by atomic mass is 32.2. The van der Waals surface area contributed by atoms with Crippen molar-refractivity contribution >= 4 is 165 Å². The van der Waals surface area contributed by atoms with E-state index in [1.54, 1.807) is 80.7 Å². The van der Waals surface area contributed by atoms with Crippen molar-refractivity contribution in [2.24, 2.45) is 11.7 Å². The molecule has 8 rings (SSSR count). The smallest absolute Gasteiger partial charge is 0.328 e. The molecule has 18 amide bonds. The highest BCUT2D eigenvalue weighted by molar-refractivity contribution is 7.99. The van der Waals surface area contributed by atoms with Gasteiger partial charge in [-0.3, -0.25) is 86.5 Å². The number of nitrogens with one attached hydrogen (secondary N) is 18. The van der Waals surface area contributed by atoms with Crippen molar-refractivity contribution < 1.29 is 137 Å². The molecule has 0 radical (unpaired) electrons. The van der Waals surface area contributed by atoms with Crippen LogP contribution in [0, 0.1) is 5.92 Å². The topological polar surface area (TPSA) is 766 Å². The second-order valence-electron chi connectivity index (χ2n) is 35.9. The quantitative estimate of drug-likeness (QED) is 0.00730. The molecule has 1 saturated heterocycles. The van der Waals surface area contributed by atoms with E-state index >= 15 is 9.59 Å². The van der Waals surface area contributed by atoms with E-state index in [2.05, 4.69) is 132 Å². The Balaban J connectivity index is 0.886. The molecule has 30 N–H and O–H groups in total. The van der Waals surface area contributed by atoms with Crippen molar-refractivity contribution in [3.8, 4) is 5.75 Å². The lowest BCUT2D eigenvalue weighted by molar-refractivity contribution is -0.145. The predicted molar refractivity (Wildman–Crippen MR) is 548 cm³/mol. The minimum absolute atomic E-state index is 0.0483. The maximum atomic E-state index is 15.1. The standard InChI is InChI=1S/C97H135N21O28S3/c1-6-9-22-63(104-87(135)69(41-120)110-89(137)71(43-122)112-90(138)72(44-123)111-88(136)70(42-121)109-86(134)68(40-119)102-77(128)48-149-49-118(97(146)99-8-3)95(143)56-34-60-59-21-17-25-62-78(59)55(38-101-62)36-76(60)117(39-56)31-7-2)81(129)105-66(33-53-26-28-57(127)29-27-53)84(132)108-73(45-124)91(139)113-74(46-147)92(140)106-65(32-52-18-11-10-12-19-52)83(131)107-67(35-54-37-100-61-23-14-13-20-58(54)61)85(133)103-64(24-15-16-30-98)82(130)115-79(50(4)125)94(142)114-75(47-148)93(141)116-80(51(5)126)96(144)145/h7,10-14,17-21,23,25-29,37-38,50-51,56,60,63-76,79-80,100-101,119-127,147-148H,2,6,8-9,15-16,22,24,30-36,39-49,98H2,1,3-5H3,(H,99,146)(H,102,128)(H,103,133)(H,104,135)(H,105,129)(H,106,140)(H,107,131)(H,108,132)(H,109,134)(H,110,137)(H,111,136)(H,112,138)(H,113,139)(H,114,142)(H,115,130)(H,116,141)(H,144,145)/t50-,51-,56-,60?,63+,64+,65+,66-,67-,68-,69-,70-,71-,72-,73-,74+,75+,76?,79+,80+/m1/s1. The Hall–Kier alpha value is -13.4. The van der Waals surface area contributed by atoms with Crippen LogP contribution in [0.15, 0.2) is 122 Å². The second-order valence-corrected chi connectivity index (χ2v) is 37.6. The van der Waals surface area contributed by atoms with E-state index in [0.29, 0.717) is 54.4 Å². The number of phenolic OH excluding ortho intramolecular Hbond substituents is 1. The van der Waals surface area contributed by atoms with Gasteiger partial charge in [-0.2, -0.15) is 25.3 Å². The molecule has 4 aromatic carbocycles. The number of aromatic hydroxyl groups is 1. The number of urea groups is 1. The monoisotopic (exact) mass is 2140 g/mol. The fourth-order valence-corrected chi connectivity index (χ4v) is 18.2. The Morgan fingerprint density at radius 2 is 0.899 bits per heavy atom. The fourth-order valence-electron chi connectivity index (χ4n) is 16.9. The number of phenols is 1. The number of likely N-dealkylation sites (tertiary alicyclic amines) is 1. The number of carbonyl (C=O) groups is 18. The molecular formula is C97H135N21O28S3. The van der Waals surface area contributed by atoms with Gasteiger partial charge in [-0.15, -0.1) is 18.3 Å². The minimum atomic E-state index is -2.05. The maximum absolute atomic E-state index is 15.1. The molecule has 1 fully saturated rings. The van der Waals surface area contributed by atoms with E-state index < -0.39 is 279 Å². The van der Waals surface area contributed by atoms with Crippen molar-refractivity contribution in [1.82, 2.24) is 105 Å². The summed E-state index contributed by atoms with van der Waals surface area (Å²) in [5.41, 5.74) is 10.8. The molecule has 20 atom stereocenters. The number of amides is 18. The molecule has 2 aliphatic rings. The number of piperidine rings is 1. The maximum Gasteiger partial charge on any atom is 0.328 e. The number of carboxylic acid groups (broad SMARTS) is 1. The Kier molecular flexibility index (Phi) is 48.9. The van der Waals surface area contributed by atoms with Crippen LogP contribution in [0.5, 0.6) is 5.75 Å². The molecule has 0 spiro atoms. The molecule has 0 bridgehead atoms. The Morgan fingerprint density at radius 1 is 0.483 bits per heavy atom. The first-order valence-corrected chi connectivity index (χ1v) is 50.9. The van der Waals surface area contributed by atoms with Gasteiger partial charge in [0.15, 0.2) is 6.04 Å². The second kappa shape index (κ2) is 60.3. The lowest BCUT2D eigenvalue weighted by Crippen LogP contribution is -2.62. The van der Waals surface area contributed by atoms with Crippen LogP contribution >= 0.6 is 37.0 Å². The van der Waals surface area contributed by atoms with E-state index in [4.69, 9.17) is 5.73 Å². The third kappa shape index (κ3) is 34.9. The molecule has 0 saturated carbocycles. The predicted octanol–water partition coefficient (Wildman–Crippen LogP) is -6.90. The SMILES string of the molecule is C=CCN1C[C@H](C(=O)N(CSCC(=O)N[C@H](CO)C(=O)N[C@H](CO)C(=O)N[C@H](CO)C(=O)N[C@H](CO)C(=O)N[C@H](CO)C(=O)N[C@@H](CCCC)C(=O)N[C@H](Cc2ccc(O)cc2)C(=O)N[C@H](CO)C(=O)N[C@@H](CS)C(=O)N[C@@H](Cc2ccccc2)C(=O)N[C@H](Cc2c[nH]c3ccccc23)C(=O)N[C@@H](CCCCN)C(=O)N[C@H](C(=O)N[C@@H](CS)C(=O)N[C@H](C(=O)O)[C@@H](C)O)[C@@H](C)O)C(=O)NCC)CC2c3cccc4[nH]cc(c34)CC21. The summed E-state index contributed by atoms with van der Waals surface area (Å²) in [6.07, 6.45) is 2.86. The number of aromatic amines is 2. The van der Waals surface area contributed by atoms with E-state index in [1.165, 1.54) is 24.3 Å². The number of nitrogens with two attached hydrogens (primary N) is 1. The number of thioether (sulfide) groups is 1. The van der Waals surface area contributed by atoms with Gasteiger partial charge in [0.05, 0.1) is 69.4 Å². The molecule has 52 heteroatoms. The van der Waals surface area contributed by atoms with Crippen molar-refractivity contribution in [2.45, 2.75) is 213 Å². The molecule has 814 valence electrons. The third-order valence-electron chi connectivity index (χ3n) is 24.9. The summed E-state index contributed by atoms with van der Waals surface area (Å²) in [6.45, 7) is 3.43. The van der Waals surface area contributed by atoms with Crippen molar-refractivity contribution in [1.29, 1.82) is 0 Å². The fraction of sp³-hybridized carbons (Fsp3) is 0.505. The van der Waals surface area contributed by atoms with Gasteiger partial charge in [-0.1, -0.05) is 98.6 Å². The molecular weight excluding hydrogens is 2000 g/mol. The third-order valence-corrected chi connectivity index (χ3v) is 26.6. The number of unbranched alkanes of at least 4 members (excludes halogenated alkanes) is 2. The lowest BCUT2D eigenvalue weighted by atomic mass is 9.72. The van der Waals surface area contributed by atoms with Crippen LogP contribution in [0.25, 0.3) is 21.8 Å². The number of aliphatic hydroxyl groups excluding tert-OH is 8. The zero-order chi connectivity index (χ0) is 109. The summed E-state index contributed by atoms with van der Waals surface area (Å²) in [6, 6.07) is -1.36. The zero-order valence-electron chi connectivity index (χ0n) is 82.5. The van der Waals surface area contributed by atoms with Crippen molar-refractivity contribution in [3.63, 3.8) is 0 Å². The van der Waals surface area contributed by atoms with Crippen LogP contribution in [0.2, 0.25) is 0 Å². The number of carboxylic acids is 1. The highest BCUT2D eigenvalue weighted by Crippen LogP contribution is 2.45. The Bertz CT molecular complexity index is 5610. The molecule has 2 unspecified atom stereocenters. The number of imide groups is 1. The normalized spacial score (nSPS) is 17.1. The van der Waals surface area contributed by atoms with Crippen LogP contribution in [0.4, 0.5) is 4.79 Å². The number of aromatic nitrogens is 2. The number of H-pyrrole nitrogens is 2. The van der Waals surface area contributed by atoms with Crippen LogP contribution in [0.1, 0.15) is 106 Å². The number of aliphatic hydroxyl groups is 8. The number of fused-ring (bicyclic) bond motifs is 3. The average Bonchev–Trinajstić information content (AvgIpc) is 1.63. The van der Waals surface area contributed by atoms with Gasteiger partial charge in [0.25, 0.3) is 0 Å². The minimum Gasteiger partial charge on any atom is -0.508 e. The van der Waals surface area contributed by atoms with Gasteiger partial charge in [0, 0.05) is 96.6 Å². The Labute approximate surface area is 872 Å². The first kappa shape index (κ1) is 121. The van der Waals surface area contributed by atoms with Gasteiger partial charge >= 0.3 is 12.0 Å². The van der Waals surface area contributed by atoms with Crippen molar-refractivity contribution in [2.75, 3.05) is 89.0 Å². The van der Waals surface area contributed by atoms with Gasteiger partial charge in [0.2, 0.25) is 94.5 Å². The number of thiol groups is 2. The summed E-state index contributed by atoms with van der Waals surface area (Å²) in [7, 11) is 0. The highest BCUT2D eigenvalue weighted by Gasteiger charge is 2.46. The number of benzene rings is 4. The number of carbonyl (C=O) groups excluding carboxylic acids is 17. The van der Waals surface area contributed by atoms with Gasteiger partial charge < -0.3 is 152 Å². The largest absolute Gasteiger partial charge is 0.508 e. The van der Waals surface area contributed by atoms with Crippen LogP contribution in [0.3, 0.4) is 0 Å². The average molecular weight is 2140 g/mol. The van der Waals surface area contributed by atoms with E-state index in [0.717, 1.165) is 59.0 Å². The summed E-state index contributed by atoms with van der Waals surface area (Å²) in [5, 5.41) is 143. The number of rotatable bonds is 61. The summed E-state index contributed by atoms with van der Waals surface area (Å²) >= 11 is 9.27. The summed E-state index contributed by atoms with van der Waals surface area (Å²) < 4.78 is 0. The molecule has 1 aliphatic heterocycles. The number of hydrogen-bond acceptors (Lipinski definition) is 32. The first-order chi connectivity index (χ1) is 71.3. The van der Waals surface area contributed by atoms with Crippen LogP contribution in [-0.2, 0) is 107 Å². The molecule has 2 aromatic heterocycles. The van der Waals surface area contributed by atoms with Gasteiger partial charge in [-0.25, -0.2) is 9.59 Å². The Morgan fingerprint density at radius 3 is 1.38 bits per heavy atom. The molecule has 1 aliphatic carbocycles.